The van der Waals surface area contributed by atoms with Crippen molar-refractivity contribution < 1.29 is 0 Å². The lowest BCUT2D eigenvalue weighted by atomic mass is 9.91. The van der Waals surface area contributed by atoms with Crippen LogP contribution in [0, 0.1) is 13.8 Å². The van der Waals surface area contributed by atoms with Gasteiger partial charge in [0.15, 0.2) is 0 Å². The van der Waals surface area contributed by atoms with Crippen molar-refractivity contribution in [3.63, 3.8) is 0 Å². The Morgan fingerprint density at radius 3 is 2.50 bits per heavy atom. The second-order valence-corrected chi connectivity index (χ2v) is 5.92. The summed E-state index contributed by atoms with van der Waals surface area (Å²) in [5, 5.41) is 0. The fourth-order valence-electron chi connectivity index (χ4n) is 2.43. The minimum absolute atomic E-state index is 0.853. The van der Waals surface area contributed by atoms with Gasteiger partial charge in [-0.25, -0.2) is 0 Å². The summed E-state index contributed by atoms with van der Waals surface area (Å²) < 4.78 is 0. The van der Waals surface area contributed by atoms with E-state index in [-0.39, 0.29) is 0 Å². The predicted molar refractivity (Wildman–Crippen MR) is 79.9 cm³/mol. The highest BCUT2D eigenvalue weighted by Crippen LogP contribution is 2.46. The van der Waals surface area contributed by atoms with Gasteiger partial charge < -0.3 is 4.90 Å². The number of anilines is 2. The molecule has 2 aromatic carbocycles. The molecule has 1 heterocycles. The van der Waals surface area contributed by atoms with Crippen LogP contribution in [0.15, 0.2) is 40.1 Å². The monoisotopic (exact) mass is 251 g/mol. The lowest BCUT2D eigenvalue weighted by molar-refractivity contribution is 1.11. The van der Waals surface area contributed by atoms with Gasteiger partial charge in [0.1, 0.15) is 7.85 Å². The molecule has 2 aromatic rings. The van der Waals surface area contributed by atoms with Crippen LogP contribution in [0.5, 0.6) is 0 Å². The van der Waals surface area contributed by atoms with E-state index in [0.717, 1.165) is 11.2 Å². The summed E-state index contributed by atoms with van der Waals surface area (Å²) in [6.45, 7) is 4.21. The molecule has 0 bridgehead atoms. The van der Waals surface area contributed by atoms with Crippen LogP contribution < -0.4 is 10.4 Å². The molecule has 0 aromatic heterocycles. The van der Waals surface area contributed by atoms with Gasteiger partial charge in [0.25, 0.3) is 0 Å². The molecule has 0 unspecified atom stereocenters. The van der Waals surface area contributed by atoms with Crippen LogP contribution in [0.2, 0.25) is 0 Å². The van der Waals surface area contributed by atoms with Crippen molar-refractivity contribution in [2.24, 2.45) is 0 Å². The topological polar surface area (TPSA) is 3.24 Å². The smallest absolute Gasteiger partial charge is 0.116 e. The van der Waals surface area contributed by atoms with Crippen molar-refractivity contribution >= 4 is 36.4 Å². The molecule has 0 N–H and O–H groups in total. The normalized spacial score (nSPS) is 13.2. The maximum absolute atomic E-state index is 6.16. The van der Waals surface area contributed by atoms with Crippen LogP contribution in [0.25, 0.3) is 0 Å². The van der Waals surface area contributed by atoms with Gasteiger partial charge in [-0.1, -0.05) is 34.9 Å². The molecule has 0 spiro atoms. The van der Waals surface area contributed by atoms with E-state index in [9.17, 15) is 0 Å². The molecule has 0 fully saturated rings. The number of hydrogen-bond donors (Lipinski definition) is 0. The van der Waals surface area contributed by atoms with E-state index in [1.165, 1.54) is 26.6 Å². The van der Waals surface area contributed by atoms with E-state index in [1.807, 2.05) is 17.8 Å². The van der Waals surface area contributed by atoms with Crippen LogP contribution in [0.4, 0.5) is 11.4 Å². The first-order valence-corrected chi connectivity index (χ1v) is 6.80. The Morgan fingerprint density at radius 1 is 1.00 bits per heavy atom. The Kier molecular flexibility index (Phi) is 2.67. The number of aryl methyl sites for hydroxylation is 2. The zero-order valence-corrected chi connectivity index (χ0v) is 11.6. The van der Waals surface area contributed by atoms with Gasteiger partial charge in [-0.3, -0.25) is 0 Å². The quantitative estimate of drug-likeness (QED) is 0.661. The third-order valence-corrected chi connectivity index (χ3v) is 4.36. The summed E-state index contributed by atoms with van der Waals surface area (Å²) in [4.78, 5) is 4.73. The Balaban J connectivity index is 2.21. The fraction of sp³-hybridized carbons (Fsp3) is 0.200. The van der Waals surface area contributed by atoms with Crippen LogP contribution in [-0.2, 0) is 0 Å². The lowest BCUT2D eigenvalue weighted by Gasteiger charge is -2.31. The van der Waals surface area contributed by atoms with Crippen molar-refractivity contribution in [1.82, 2.24) is 0 Å². The summed E-state index contributed by atoms with van der Waals surface area (Å²) in [6.07, 6.45) is 0. The third-order valence-electron chi connectivity index (χ3n) is 3.28. The average Bonchev–Trinajstić information content (AvgIpc) is 2.27. The Morgan fingerprint density at radius 2 is 1.72 bits per heavy atom. The minimum Gasteiger partial charge on any atom is -0.343 e. The predicted octanol–water partition coefficient (Wildman–Crippen LogP) is 3.33. The van der Waals surface area contributed by atoms with E-state index in [4.69, 9.17) is 7.85 Å². The molecule has 0 saturated carbocycles. The number of hydrogen-bond acceptors (Lipinski definition) is 2. The van der Waals surface area contributed by atoms with Crippen LogP contribution in [-0.4, -0.2) is 14.9 Å². The first-order valence-electron chi connectivity index (χ1n) is 5.98. The largest absolute Gasteiger partial charge is 0.343 e. The molecule has 0 atom stereocenters. The van der Waals surface area contributed by atoms with E-state index >= 15 is 0 Å². The first-order chi connectivity index (χ1) is 8.56. The molecule has 0 amide bonds. The fourth-order valence-corrected chi connectivity index (χ4v) is 3.82. The molecule has 18 heavy (non-hydrogen) atoms. The maximum Gasteiger partial charge on any atom is 0.116 e. The van der Waals surface area contributed by atoms with E-state index in [0.29, 0.717) is 0 Å². The third kappa shape index (κ3) is 1.74. The Labute approximate surface area is 114 Å². The van der Waals surface area contributed by atoms with Crippen molar-refractivity contribution in [2.45, 2.75) is 23.6 Å². The molecular formula is C15H14BNS. The summed E-state index contributed by atoms with van der Waals surface area (Å²) >= 11 is 1.81. The Bertz CT molecular complexity index is 637. The van der Waals surface area contributed by atoms with Crippen LogP contribution in [0.1, 0.15) is 11.1 Å². The second-order valence-electron chi connectivity index (χ2n) is 4.83. The summed E-state index contributed by atoms with van der Waals surface area (Å²) in [5.74, 6) is 0. The first kappa shape index (κ1) is 11.7. The Hall–Kier alpha value is -1.35. The van der Waals surface area contributed by atoms with Crippen LogP contribution in [0.3, 0.4) is 0 Å². The van der Waals surface area contributed by atoms with Gasteiger partial charge in [0.05, 0.1) is 5.69 Å². The molecule has 1 nitrogen and oxygen atoms in total. The van der Waals surface area contributed by atoms with Gasteiger partial charge in [0.2, 0.25) is 0 Å². The molecule has 0 aliphatic carbocycles. The SMILES string of the molecule is [B]c1cc(C)cc2c1N(C)c1ccc(C)cc1S2. The zero-order chi connectivity index (χ0) is 12.9. The summed E-state index contributed by atoms with van der Waals surface area (Å²) in [7, 11) is 8.25. The molecule has 88 valence electrons. The van der Waals surface area contributed by atoms with Gasteiger partial charge in [-0.15, -0.1) is 0 Å². The number of rotatable bonds is 0. The molecule has 3 rings (SSSR count). The van der Waals surface area contributed by atoms with E-state index in [1.54, 1.807) is 0 Å². The molecule has 1 aliphatic heterocycles. The number of benzene rings is 2. The lowest BCUT2D eigenvalue weighted by Crippen LogP contribution is -2.23. The molecular weight excluding hydrogens is 237 g/mol. The van der Waals surface area contributed by atoms with Gasteiger partial charge in [0, 0.05) is 22.5 Å². The van der Waals surface area contributed by atoms with Gasteiger partial charge in [-0.05, 0) is 37.6 Å². The highest BCUT2D eigenvalue weighted by atomic mass is 32.2. The number of fused-ring (bicyclic) bond motifs is 2. The van der Waals surface area contributed by atoms with Crippen molar-refractivity contribution in [2.75, 3.05) is 11.9 Å². The molecule has 3 heteroatoms. The molecule has 0 saturated heterocycles. The average molecular weight is 251 g/mol. The number of nitrogens with zero attached hydrogens (tertiary/aromatic N) is 1. The van der Waals surface area contributed by atoms with Crippen molar-refractivity contribution in [1.29, 1.82) is 0 Å². The summed E-state index contributed by atoms with van der Waals surface area (Å²) in [6, 6.07) is 10.8. The maximum atomic E-state index is 6.16. The minimum atomic E-state index is 0.853. The van der Waals surface area contributed by atoms with Gasteiger partial charge in [-0.2, -0.15) is 0 Å². The van der Waals surface area contributed by atoms with Gasteiger partial charge >= 0.3 is 0 Å². The second kappa shape index (κ2) is 4.09. The highest BCUT2D eigenvalue weighted by Gasteiger charge is 2.22. The summed E-state index contributed by atoms with van der Waals surface area (Å²) in [5.41, 5.74) is 5.71. The van der Waals surface area contributed by atoms with E-state index < -0.39 is 0 Å². The van der Waals surface area contributed by atoms with Crippen molar-refractivity contribution in [3.05, 3.63) is 41.5 Å². The highest BCUT2D eigenvalue weighted by molar-refractivity contribution is 7.99. The molecule has 2 radical (unpaired) electrons. The standard InChI is InChI=1S/C15H14BNS/c1-9-4-5-12-13(7-9)18-14-8-10(2)6-11(16)15(14)17(12)3/h4-8H,1-3H3. The van der Waals surface area contributed by atoms with Crippen molar-refractivity contribution in [3.8, 4) is 0 Å². The van der Waals surface area contributed by atoms with E-state index in [2.05, 4.69) is 50.1 Å². The van der Waals surface area contributed by atoms with Crippen LogP contribution >= 0.6 is 11.8 Å². The zero-order valence-electron chi connectivity index (χ0n) is 10.8. The molecule has 1 aliphatic rings.